The van der Waals surface area contributed by atoms with Gasteiger partial charge in [0, 0.05) is 12.5 Å². The van der Waals surface area contributed by atoms with Gasteiger partial charge in [-0.3, -0.25) is 0 Å². The number of hydrogen-bond acceptors (Lipinski definition) is 6. The number of benzene rings is 1. The van der Waals surface area contributed by atoms with Crippen LogP contribution in [0.1, 0.15) is 46.1 Å². The zero-order valence-corrected chi connectivity index (χ0v) is 20.1. The number of nitrogens with zero attached hydrogens (tertiary/aromatic N) is 1. The van der Waals surface area contributed by atoms with E-state index >= 15 is 0 Å². The molecule has 0 saturated heterocycles. The van der Waals surface area contributed by atoms with Crippen LogP contribution < -0.4 is 0 Å². The first-order valence-electron chi connectivity index (χ1n) is 10.8. The summed E-state index contributed by atoms with van der Waals surface area (Å²) in [6, 6.07) is 10.0. The minimum absolute atomic E-state index is 0.0103. The number of hydrogen-bond donors (Lipinski definition) is 0. The first-order chi connectivity index (χ1) is 14.1. The second kappa shape index (κ2) is 8.81. The van der Waals surface area contributed by atoms with Crippen molar-refractivity contribution in [3.63, 3.8) is 0 Å². The topological polar surface area (TPSA) is 66.4 Å². The molecule has 0 radical (unpaired) electrons. The van der Waals surface area contributed by atoms with Gasteiger partial charge in [-0.2, -0.15) is 0 Å². The van der Waals surface area contributed by atoms with Crippen molar-refractivity contribution in [2.24, 2.45) is 11.1 Å². The molecule has 1 unspecified atom stereocenters. The number of fused-ring (bicyclic) bond motifs is 1. The maximum absolute atomic E-state index is 12.5. The Morgan fingerprint density at radius 3 is 2.60 bits per heavy atom. The number of rotatable bonds is 8. The van der Waals surface area contributed by atoms with E-state index in [4.69, 9.17) is 18.7 Å². The van der Waals surface area contributed by atoms with Crippen LogP contribution in [0.4, 0.5) is 0 Å². The van der Waals surface area contributed by atoms with Gasteiger partial charge in [-0.25, -0.2) is 4.79 Å². The maximum atomic E-state index is 12.5. The summed E-state index contributed by atoms with van der Waals surface area (Å²) in [7, 11) is -1.95. The van der Waals surface area contributed by atoms with Gasteiger partial charge in [-0.1, -0.05) is 56.3 Å². The highest BCUT2D eigenvalue weighted by Gasteiger charge is 2.59. The van der Waals surface area contributed by atoms with Crippen molar-refractivity contribution in [1.29, 1.82) is 0 Å². The summed E-state index contributed by atoms with van der Waals surface area (Å²) in [5.74, 6) is -0.581. The Labute approximate surface area is 181 Å². The van der Waals surface area contributed by atoms with Crippen LogP contribution in [-0.2, 0) is 30.1 Å². The summed E-state index contributed by atoms with van der Waals surface area (Å²) < 4.78 is 17.9. The van der Waals surface area contributed by atoms with Crippen LogP contribution in [0.5, 0.6) is 0 Å². The van der Waals surface area contributed by atoms with Crippen LogP contribution in [0.15, 0.2) is 35.5 Å². The van der Waals surface area contributed by atoms with Gasteiger partial charge in [0.1, 0.15) is 0 Å². The lowest BCUT2D eigenvalue weighted by molar-refractivity contribution is -0.135. The number of esters is 1. The Morgan fingerprint density at radius 2 is 1.97 bits per heavy atom. The zero-order valence-electron chi connectivity index (χ0n) is 19.1. The number of carbonyl (C=O) groups excluding carboxylic acids is 1. The minimum atomic E-state index is -1.95. The highest BCUT2D eigenvalue weighted by Crippen LogP contribution is 2.48. The van der Waals surface area contributed by atoms with Crippen molar-refractivity contribution in [3.05, 3.63) is 35.9 Å². The molecule has 3 atom stereocenters. The normalized spacial score (nSPS) is 26.1. The fraction of sp³-hybridized carbons (Fsp3) is 0.652. The van der Waals surface area contributed by atoms with Gasteiger partial charge in [0.05, 0.1) is 25.7 Å². The highest BCUT2D eigenvalue weighted by molar-refractivity contribution is 6.74. The largest absolute Gasteiger partial charge is 0.461 e. The van der Waals surface area contributed by atoms with Gasteiger partial charge in [-0.05, 0) is 37.0 Å². The Morgan fingerprint density at radius 1 is 1.27 bits per heavy atom. The van der Waals surface area contributed by atoms with Crippen molar-refractivity contribution in [2.75, 3.05) is 13.2 Å². The van der Waals surface area contributed by atoms with Crippen LogP contribution in [0.3, 0.4) is 0 Å². The molecule has 0 N–H and O–H groups in total. The fourth-order valence-electron chi connectivity index (χ4n) is 3.92. The Hall–Kier alpha value is -1.70. The van der Waals surface area contributed by atoms with Crippen LogP contribution in [0.2, 0.25) is 18.1 Å². The van der Waals surface area contributed by atoms with E-state index in [-0.39, 0.29) is 17.1 Å². The standard InChI is InChI=1S/C23H35NO5Si/c1-7-27-21(25)20-19-13-18(28-30(5,6)22(2,3)4)14-23(19,29-24-20)16-26-15-17-11-9-8-10-12-17/h8-12,18-19H,7,13-16H2,1-6H3/t18?,19-,23+/m1/s1. The molecule has 0 amide bonds. The molecule has 1 saturated carbocycles. The predicted octanol–water partition coefficient (Wildman–Crippen LogP) is 4.69. The van der Waals surface area contributed by atoms with Crippen LogP contribution in [-0.4, -0.2) is 44.9 Å². The Kier molecular flexibility index (Phi) is 6.74. The van der Waals surface area contributed by atoms with Gasteiger partial charge in [0.15, 0.2) is 19.6 Å². The third-order valence-electron chi connectivity index (χ3n) is 6.57. The lowest BCUT2D eigenvalue weighted by atomic mass is 9.88. The molecule has 0 bridgehead atoms. The van der Waals surface area contributed by atoms with E-state index < -0.39 is 19.9 Å². The first-order valence-corrected chi connectivity index (χ1v) is 13.7. The summed E-state index contributed by atoms with van der Waals surface area (Å²) in [5.41, 5.74) is 0.785. The number of oxime groups is 1. The van der Waals surface area contributed by atoms with Crippen molar-refractivity contribution in [1.82, 2.24) is 0 Å². The average molecular weight is 434 g/mol. The number of ether oxygens (including phenoxy) is 2. The fourth-order valence-corrected chi connectivity index (χ4v) is 5.29. The summed E-state index contributed by atoms with van der Waals surface area (Å²) in [6.45, 7) is 14.1. The molecule has 2 aliphatic rings. The molecular weight excluding hydrogens is 398 g/mol. The summed E-state index contributed by atoms with van der Waals surface area (Å²) in [4.78, 5) is 18.4. The van der Waals surface area contributed by atoms with E-state index in [0.717, 1.165) is 5.56 Å². The van der Waals surface area contributed by atoms with Crippen molar-refractivity contribution >= 4 is 20.0 Å². The van der Waals surface area contributed by atoms with E-state index in [1.165, 1.54) is 0 Å². The van der Waals surface area contributed by atoms with Crippen molar-refractivity contribution in [2.45, 2.75) is 77.0 Å². The molecule has 1 fully saturated rings. The molecule has 30 heavy (non-hydrogen) atoms. The van der Waals surface area contributed by atoms with E-state index in [9.17, 15) is 4.79 Å². The molecule has 1 aromatic rings. The molecule has 0 spiro atoms. The summed E-state index contributed by atoms with van der Waals surface area (Å²) in [5, 5.41) is 4.25. The lowest BCUT2D eigenvalue weighted by Crippen LogP contribution is -2.44. The van der Waals surface area contributed by atoms with E-state index in [2.05, 4.69) is 39.0 Å². The van der Waals surface area contributed by atoms with E-state index in [1.54, 1.807) is 6.92 Å². The predicted molar refractivity (Wildman–Crippen MR) is 119 cm³/mol. The second-order valence-electron chi connectivity index (χ2n) is 9.82. The van der Waals surface area contributed by atoms with Gasteiger partial charge < -0.3 is 18.7 Å². The summed E-state index contributed by atoms with van der Waals surface area (Å²) >= 11 is 0. The molecule has 1 aliphatic heterocycles. The van der Waals surface area contributed by atoms with Gasteiger partial charge in [0.2, 0.25) is 0 Å². The molecule has 0 aromatic heterocycles. The third kappa shape index (κ3) is 4.79. The van der Waals surface area contributed by atoms with E-state index in [1.807, 2.05) is 30.3 Å². The molecule has 7 heteroatoms. The second-order valence-corrected chi connectivity index (χ2v) is 14.6. The van der Waals surface area contributed by atoms with Crippen molar-refractivity contribution in [3.8, 4) is 0 Å². The van der Waals surface area contributed by atoms with Gasteiger partial charge >= 0.3 is 5.97 Å². The monoisotopic (exact) mass is 433 g/mol. The molecule has 166 valence electrons. The van der Waals surface area contributed by atoms with Crippen molar-refractivity contribution < 1.29 is 23.5 Å². The first kappa shape index (κ1) is 23.0. The Balaban J connectivity index is 1.73. The van der Waals surface area contributed by atoms with Gasteiger partial charge in [0.25, 0.3) is 0 Å². The molecule has 1 aliphatic carbocycles. The molecule has 1 heterocycles. The molecular formula is C23H35NO5Si. The number of carbonyl (C=O) groups is 1. The van der Waals surface area contributed by atoms with Crippen LogP contribution in [0, 0.1) is 5.92 Å². The maximum Gasteiger partial charge on any atom is 0.356 e. The minimum Gasteiger partial charge on any atom is -0.461 e. The SMILES string of the molecule is CCOC(=O)C1=NO[C@]2(COCc3ccccc3)CC(O[Si](C)(C)C(C)(C)C)C[C@H]12. The average Bonchev–Trinajstić information content (AvgIpc) is 3.16. The van der Waals surface area contributed by atoms with Crippen LogP contribution >= 0.6 is 0 Å². The molecule has 6 nitrogen and oxygen atoms in total. The summed E-state index contributed by atoms with van der Waals surface area (Å²) in [6.07, 6.45) is 1.36. The quantitative estimate of drug-likeness (QED) is 0.439. The van der Waals surface area contributed by atoms with E-state index in [0.29, 0.717) is 38.4 Å². The van der Waals surface area contributed by atoms with Gasteiger partial charge in [-0.15, -0.1) is 0 Å². The molecule has 1 aromatic carbocycles. The zero-order chi connectivity index (χ0) is 22.0. The Bertz CT molecular complexity index is 774. The lowest BCUT2D eigenvalue weighted by Gasteiger charge is -2.38. The smallest absolute Gasteiger partial charge is 0.356 e. The van der Waals surface area contributed by atoms with Crippen LogP contribution in [0.25, 0.3) is 0 Å². The molecule has 3 rings (SSSR count). The highest BCUT2D eigenvalue weighted by atomic mass is 28.4. The third-order valence-corrected chi connectivity index (χ3v) is 11.1.